The van der Waals surface area contributed by atoms with Crippen molar-refractivity contribution in [3.05, 3.63) is 36.2 Å². The molecule has 17 heteroatoms. The van der Waals surface area contributed by atoms with Crippen LogP contribution in [0.25, 0.3) is 33.5 Å². The van der Waals surface area contributed by atoms with Gasteiger partial charge in [-0.1, -0.05) is 12.1 Å². The average molecular weight is 523 g/mol. The summed E-state index contributed by atoms with van der Waals surface area (Å²) in [5, 5.41) is 28.3. The predicted octanol–water partition coefficient (Wildman–Crippen LogP) is -1.89. The van der Waals surface area contributed by atoms with E-state index in [-0.39, 0.29) is 30.0 Å². The smallest absolute Gasteiger partial charge is 0.242 e. The Balaban J connectivity index is 2.03. The lowest BCUT2D eigenvalue weighted by molar-refractivity contribution is 0.259. The van der Waals surface area contributed by atoms with Crippen molar-refractivity contribution in [1.29, 1.82) is 0 Å². The Kier molecular flexibility index (Phi) is 6.64. The Bertz CT molecular complexity index is 1580. The summed E-state index contributed by atoms with van der Waals surface area (Å²) in [6.45, 7) is -0.653. The summed E-state index contributed by atoms with van der Waals surface area (Å²) in [5.41, 5.74) is 12.9. The van der Waals surface area contributed by atoms with Gasteiger partial charge >= 0.3 is 0 Å². The molecule has 35 heavy (non-hydrogen) atoms. The van der Waals surface area contributed by atoms with E-state index in [0.717, 1.165) is 6.07 Å². The first kappa shape index (κ1) is 24.8. The fourth-order valence-electron chi connectivity index (χ4n) is 3.55. The molecule has 15 nitrogen and oxygen atoms in total. The number of nitrogens with one attached hydrogen (secondary N) is 3. The zero-order valence-corrected chi connectivity index (χ0v) is 19.6. The molecule has 186 valence electrons. The Morgan fingerprint density at radius 1 is 1.11 bits per heavy atom. The Hall–Kier alpha value is -3.32. The van der Waals surface area contributed by atoms with E-state index in [2.05, 4.69) is 35.3 Å². The summed E-state index contributed by atoms with van der Waals surface area (Å²) in [5.74, 6) is 0.343. The molecular formula is C18H22N10O5S2. The maximum atomic E-state index is 13.1. The zero-order chi connectivity index (χ0) is 25.4. The van der Waals surface area contributed by atoms with Gasteiger partial charge in [-0.3, -0.25) is 0 Å². The Morgan fingerprint density at radius 3 is 2.49 bits per heavy atom. The molecule has 4 aromatic rings. The SMILES string of the molecule is NCc1nc2cc(-c3ccc(S(=O)(=O)NC(CN)CO)c(S(N)(=O)=O)c3-c3nn[nH]n3)ccc2[nH]1. The largest absolute Gasteiger partial charge is 0.395 e. The number of hydrogen-bond donors (Lipinski definition) is 7. The molecular weight excluding hydrogens is 500 g/mol. The first-order valence-electron chi connectivity index (χ1n) is 10.0. The zero-order valence-electron chi connectivity index (χ0n) is 18.0. The molecule has 0 saturated carbocycles. The standard InChI is InChI=1S/C18H22N10O5S2/c19-6-10(8-29)26-35(32,33)14-4-2-11(9-1-3-12-13(5-9)23-15(7-20)22-12)16(17(14)34(21,30)31)18-24-27-28-25-18/h1-5,10,26,29H,6-8,19-20H2,(H,22,23)(H2,21,30,31)(H,24,25,27,28). The van der Waals surface area contributed by atoms with Crippen molar-refractivity contribution in [3.63, 3.8) is 0 Å². The number of fused-ring (bicyclic) bond motifs is 1. The molecule has 0 bridgehead atoms. The molecule has 1 unspecified atom stereocenters. The van der Waals surface area contributed by atoms with Crippen molar-refractivity contribution < 1.29 is 21.9 Å². The lowest BCUT2D eigenvalue weighted by atomic mass is 9.98. The molecule has 1 atom stereocenters. The third-order valence-electron chi connectivity index (χ3n) is 5.13. The van der Waals surface area contributed by atoms with Crippen LogP contribution in [0.15, 0.2) is 40.1 Å². The van der Waals surface area contributed by atoms with Gasteiger partial charge in [-0.15, -0.1) is 10.2 Å². The minimum atomic E-state index is -4.67. The lowest BCUT2D eigenvalue weighted by Gasteiger charge is -2.19. The number of imidazole rings is 1. The molecule has 0 amide bonds. The highest BCUT2D eigenvalue weighted by Crippen LogP contribution is 2.39. The number of H-pyrrole nitrogens is 2. The van der Waals surface area contributed by atoms with Gasteiger partial charge in [0, 0.05) is 6.54 Å². The van der Waals surface area contributed by atoms with Crippen LogP contribution in [0.2, 0.25) is 0 Å². The van der Waals surface area contributed by atoms with Crippen molar-refractivity contribution in [2.75, 3.05) is 13.2 Å². The van der Waals surface area contributed by atoms with Gasteiger partial charge < -0.3 is 21.6 Å². The minimum Gasteiger partial charge on any atom is -0.395 e. The van der Waals surface area contributed by atoms with Crippen molar-refractivity contribution >= 4 is 31.1 Å². The quantitative estimate of drug-likeness (QED) is 0.128. The van der Waals surface area contributed by atoms with Gasteiger partial charge in [0.2, 0.25) is 25.9 Å². The van der Waals surface area contributed by atoms with E-state index >= 15 is 0 Å². The molecule has 10 N–H and O–H groups in total. The summed E-state index contributed by atoms with van der Waals surface area (Å²) < 4.78 is 54.0. The molecule has 0 aliphatic rings. The van der Waals surface area contributed by atoms with Gasteiger partial charge in [-0.2, -0.15) is 5.21 Å². The maximum absolute atomic E-state index is 13.1. The summed E-state index contributed by atoms with van der Waals surface area (Å²) in [6, 6.07) is 6.48. The van der Waals surface area contributed by atoms with Gasteiger partial charge in [-0.05, 0) is 34.5 Å². The fraction of sp³-hybridized carbons (Fsp3) is 0.222. The Labute approximate surface area is 199 Å². The summed E-state index contributed by atoms with van der Waals surface area (Å²) in [4.78, 5) is 6.01. The number of hydrogen-bond acceptors (Lipinski definition) is 11. The predicted molar refractivity (Wildman–Crippen MR) is 124 cm³/mol. The topological polar surface area (TPSA) is 262 Å². The van der Waals surface area contributed by atoms with Gasteiger partial charge in [0.1, 0.15) is 15.6 Å². The van der Waals surface area contributed by atoms with E-state index in [1.54, 1.807) is 18.2 Å². The molecule has 4 rings (SSSR count). The van der Waals surface area contributed by atoms with Gasteiger partial charge in [0.15, 0.2) is 0 Å². The number of aromatic nitrogens is 6. The molecule has 0 fully saturated rings. The highest BCUT2D eigenvalue weighted by molar-refractivity contribution is 7.92. The summed E-state index contributed by atoms with van der Waals surface area (Å²) >= 11 is 0. The number of aromatic amines is 2. The monoisotopic (exact) mass is 522 g/mol. The molecule has 2 heterocycles. The first-order chi connectivity index (χ1) is 16.6. The summed E-state index contributed by atoms with van der Waals surface area (Å²) in [7, 11) is -9.18. The number of sulfonamides is 2. The van der Waals surface area contributed by atoms with Gasteiger partial charge in [0.25, 0.3) is 0 Å². The second kappa shape index (κ2) is 9.38. The maximum Gasteiger partial charge on any atom is 0.242 e. The third-order valence-corrected chi connectivity index (χ3v) is 7.81. The number of nitrogens with zero attached hydrogens (tertiary/aromatic N) is 4. The number of nitrogens with two attached hydrogens (primary N) is 3. The van der Waals surface area contributed by atoms with E-state index in [9.17, 15) is 21.9 Å². The molecule has 0 radical (unpaired) electrons. The van der Waals surface area contributed by atoms with Crippen molar-refractivity contribution in [3.8, 4) is 22.5 Å². The Morgan fingerprint density at radius 2 is 1.89 bits per heavy atom. The van der Waals surface area contributed by atoms with Gasteiger partial charge in [0.05, 0.1) is 35.8 Å². The number of primary sulfonamides is 1. The lowest BCUT2D eigenvalue weighted by Crippen LogP contribution is -2.43. The van der Waals surface area contributed by atoms with Crippen LogP contribution in [-0.4, -0.2) is 71.7 Å². The van der Waals surface area contributed by atoms with Crippen LogP contribution in [-0.2, 0) is 26.6 Å². The second-order valence-corrected chi connectivity index (χ2v) is 10.6. The normalized spacial score (nSPS) is 13.4. The second-order valence-electron chi connectivity index (χ2n) is 7.45. The van der Waals surface area contributed by atoms with Crippen LogP contribution >= 0.6 is 0 Å². The van der Waals surface area contributed by atoms with Crippen LogP contribution in [0.4, 0.5) is 0 Å². The van der Waals surface area contributed by atoms with Crippen LogP contribution in [0, 0.1) is 0 Å². The number of benzene rings is 2. The molecule has 0 aliphatic heterocycles. The van der Waals surface area contributed by atoms with Crippen LogP contribution in [0.5, 0.6) is 0 Å². The van der Waals surface area contributed by atoms with E-state index < -0.39 is 42.5 Å². The van der Waals surface area contributed by atoms with E-state index in [1.807, 2.05) is 0 Å². The van der Waals surface area contributed by atoms with E-state index in [1.165, 1.54) is 6.07 Å². The van der Waals surface area contributed by atoms with Crippen LogP contribution < -0.4 is 21.3 Å². The first-order valence-corrected chi connectivity index (χ1v) is 13.1. The van der Waals surface area contributed by atoms with E-state index in [4.69, 9.17) is 16.6 Å². The molecule has 2 aromatic carbocycles. The molecule has 0 saturated heterocycles. The number of aliphatic hydroxyl groups excluding tert-OH is 1. The van der Waals surface area contributed by atoms with E-state index in [0.29, 0.717) is 22.4 Å². The fourth-order valence-corrected chi connectivity index (χ4v) is 6.40. The highest BCUT2D eigenvalue weighted by atomic mass is 32.2. The molecule has 0 aliphatic carbocycles. The van der Waals surface area contributed by atoms with Crippen molar-refractivity contribution in [2.24, 2.45) is 16.6 Å². The number of rotatable bonds is 9. The summed E-state index contributed by atoms with van der Waals surface area (Å²) in [6.07, 6.45) is 0. The average Bonchev–Trinajstić information content (AvgIpc) is 3.50. The van der Waals surface area contributed by atoms with Gasteiger partial charge in [-0.25, -0.2) is 31.7 Å². The third kappa shape index (κ3) is 4.78. The van der Waals surface area contributed by atoms with Crippen LogP contribution in [0.1, 0.15) is 5.82 Å². The molecule has 0 spiro atoms. The number of tetrazole rings is 1. The molecule has 2 aromatic heterocycles. The number of aliphatic hydroxyl groups is 1. The minimum absolute atomic E-state index is 0.185. The van der Waals surface area contributed by atoms with Crippen LogP contribution in [0.3, 0.4) is 0 Å². The van der Waals surface area contributed by atoms with Crippen molar-refractivity contribution in [1.82, 2.24) is 35.3 Å². The van der Waals surface area contributed by atoms with Crippen molar-refractivity contribution in [2.45, 2.75) is 22.4 Å². The highest BCUT2D eigenvalue weighted by Gasteiger charge is 2.33.